The van der Waals surface area contributed by atoms with Crippen LogP contribution in [0.25, 0.3) is 0 Å². The van der Waals surface area contributed by atoms with Crippen LogP contribution >= 0.6 is 0 Å². The second-order valence-corrected chi connectivity index (χ2v) is 4.41. The third-order valence-electron chi connectivity index (χ3n) is 3.10. The van der Waals surface area contributed by atoms with Gasteiger partial charge in [-0.15, -0.1) is 0 Å². The van der Waals surface area contributed by atoms with Crippen molar-refractivity contribution >= 4 is 0 Å². The fourth-order valence-electron chi connectivity index (χ4n) is 2.02. The fraction of sp³-hybridized carbons (Fsp3) is 1.00. The quantitative estimate of drug-likeness (QED) is 0.599. The second kappa shape index (κ2) is 9.13. The van der Waals surface area contributed by atoms with Gasteiger partial charge in [-0.3, -0.25) is 0 Å². The van der Waals surface area contributed by atoms with Crippen molar-refractivity contribution in [2.24, 2.45) is 5.92 Å². The lowest BCUT2D eigenvalue weighted by atomic mass is 9.97. The summed E-state index contributed by atoms with van der Waals surface area (Å²) in [7, 11) is 2.01. The van der Waals surface area contributed by atoms with Crippen LogP contribution in [0.4, 0.5) is 0 Å². The van der Waals surface area contributed by atoms with E-state index in [1.165, 1.54) is 45.2 Å². The minimum Gasteiger partial charge on any atom is -0.381 e. The summed E-state index contributed by atoms with van der Waals surface area (Å²) in [5, 5.41) is 6.69. The maximum atomic E-state index is 5.34. The molecule has 0 aromatic rings. The van der Waals surface area contributed by atoms with Crippen molar-refractivity contribution < 1.29 is 4.74 Å². The highest BCUT2D eigenvalue weighted by Gasteiger charge is 2.12. The van der Waals surface area contributed by atoms with Crippen molar-refractivity contribution in [3.63, 3.8) is 0 Å². The van der Waals surface area contributed by atoms with Gasteiger partial charge in [-0.25, -0.2) is 0 Å². The van der Waals surface area contributed by atoms with Gasteiger partial charge in [0.1, 0.15) is 0 Å². The molecular formula is C12H26N2O. The van der Waals surface area contributed by atoms with Crippen molar-refractivity contribution in [2.75, 3.05) is 39.9 Å². The second-order valence-electron chi connectivity index (χ2n) is 4.41. The molecule has 2 N–H and O–H groups in total. The first kappa shape index (κ1) is 12.9. The maximum Gasteiger partial charge on any atom is 0.0468 e. The van der Waals surface area contributed by atoms with Crippen LogP contribution in [0.5, 0.6) is 0 Å². The maximum absolute atomic E-state index is 5.34. The Morgan fingerprint density at radius 1 is 1.07 bits per heavy atom. The number of ether oxygens (including phenoxy) is 1. The minimum absolute atomic E-state index is 0.906. The van der Waals surface area contributed by atoms with Gasteiger partial charge in [0.15, 0.2) is 0 Å². The van der Waals surface area contributed by atoms with Gasteiger partial charge >= 0.3 is 0 Å². The number of nitrogens with one attached hydrogen (secondary N) is 2. The average molecular weight is 214 g/mol. The summed E-state index contributed by atoms with van der Waals surface area (Å²) in [5.41, 5.74) is 0. The van der Waals surface area contributed by atoms with E-state index in [4.69, 9.17) is 4.74 Å². The minimum atomic E-state index is 0.906. The number of hydrogen-bond donors (Lipinski definition) is 2. The van der Waals surface area contributed by atoms with E-state index >= 15 is 0 Å². The van der Waals surface area contributed by atoms with Crippen molar-refractivity contribution in [2.45, 2.75) is 32.1 Å². The molecule has 1 fully saturated rings. The third kappa shape index (κ3) is 6.88. The predicted octanol–water partition coefficient (Wildman–Crippen LogP) is 1.39. The van der Waals surface area contributed by atoms with Crippen LogP contribution in [-0.4, -0.2) is 39.9 Å². The summed E-state index contributed by atoms with van der Waals surface area (Å²) in [5.74, 6) is 0.906. The fourth-order valence-corrected chi connectivity index (χ4v) is 2.02. The molecule has 0 aliphatic carbocycles. The van der Waals surface area contributed by atoms with E-state index in [0.29, 0.717) is 0 Å². The van der Waals surface area contributed by atoms with Crippen LogP contribution in [0, 0.1) is 5.92 Å². The smallest absolute Gasteiger partial charge is 0.0468 e. The van der Waals surface area contributed by atoms with Crippen LogP contribution < -0.4 is 10.6 Å². The molecule has 0 aromatic heterocycles. The molecule has 1 saturated heterocycles. The zero-order valence-corrected chi connectivity index (χ0v) is 10.1. The molecule has 0 atom stereocenters. The summed E-state index contributed by atoms with van der Waals surface area (Å²) in [4.78, 5) is 0. The van der Waals surface area contributed by atoms with Crippen LogP contribution in [0.2, 0.25) is 0 Å². The van der Waals surface area contributed by atoms with Crippen molar-refractivity contribution in [3.05, 3.63) is 0 Å². The van der Waals surface area contributed by atoms with Gasteiger partial charge in [0.05, 0.1) is 0 Å². The van der Waals surface area contributed by atoms with Gasteiger partial charge in [-0.1, -0.05) is 0 Å². The SMILES string of the molecule is CNCCCCNCCC1CCOCC1. The van der Waals surface area contributed by atoms with Gasteiger partial charge in [-0.05, 0) is 64.7 Å². The van der Waals surface area contributed by atoms with Gasteiger partial charge < -0.3 is 15.4 Å². The van der Waals surface area contributed by atoms with Crippen molar-refractivity contribution in [1.82, 2.24) is 10.6 Å². The molecular weight excluding hydrogens is 188 g/mol. The van der Waals surface area contributed by atoms with Crippen LogP contribution in [0.1, 0.15) is 32.1 Å². The topological polar surface area (TPSA) is 33.3 Å². The lowest BCUT2D eigenvalue weighted by molar-refractivity contribution is 0.0640. The first-order chi connectivity index (χ1) is 7.43. The first-order valence-electron chi connectivity index (χ1n) is 6.36. The molecule has 1 aliphatic rings. The van der Waals surface area contributed by atoms with Crippen LogP contribution in [-0.2, 0) is 4.74 Å². The molecule has 0 radical (unpaired) electrons. The molecule has 90 valence electrons. The molecule has 0 spiro atoms. The molecule has 0 unspecified atom stereocenters. The number of rotatable bonds is 8. The predicted molar refractivity (Wildman–Crippen MR) is 64.2 cm³/mol. The van der Waals surface area contributed by atoms with E-state index in [-0.39, 0.29) is 0 Å². The Hall–Kier alpha value is -0.120. The largest absolute Gasteiger partial charge is 0.381 e. The standard InChI is InChI=1S/C12H26N2O/c1-13-7-2-3-8-14-9-4-12-5-10-15-11-6-12/h12-14H,2-11H2,1H3. The molecule has 15 heavy (non-hydrogen) atoms. The molecule has 3 heteroatoms. The average Bonchev–Trinajstić information content (AvgIpc) is 2.29. The third-order valence-corrected chi connectivity index (χ3v) is 3.10. The van der Waals surface area contributed by atoms with E-state index in [9.17, 15) is 0 Å². The Balaban J connectivity index is 1.79. The van der Waals surface area contributed by atoms with E-state index < -0.39 is 0 Å². The van der Waals surface area contributed by atoms with Gasteiger partial charge in [0, 0.05) is 13.2 Å². The molecule has 0 bridgehead atoms. The Bertz CT molecular complexity index is 136. The highest BCUT2D eigenvalue weighted by atomic mass is 16.5. The molecule has 3 nitrogen and oxygen atoms in total. The summed E-state index contributed by atoms with van der Waals surface area (Å²) in [6.45, 7) is 5.45. The summed E-state index contributed by atoms with van der Waals surface area (Å²) in [6, 6.07) is 0. The van der Waals surface area contributed by atoms with E-state index in [1.54, 1.807) is 0 Å². The Kier molecular flexibility index (Phi) is 7.88. The highest BCUT2D eigenvalue weighted by molar-refractivity contribution is 4.64. The normalized spacial score (nSPS) is 18.2. The van der Waals surface area contributed by atoms with Crippen LogP contribution in [0.15, 0.2) is 0 Å². The summed E-state index contributed by atoms with van der Waals surface area (Å²) in [6.07, 6.45) is 6.42. The molecule has 1 rings (SSSR count). The van der Waals surface area contributed by atoms with Gasteiger partial charge in [0.2, 0.25) is 0 Å². The lowest BCUT2D eigenvalue weighted by Gasteiger charge is -2.21. The Morgan fingerprint density at radius 3 is 2.53 bits per heavy atom. The van der Waals surface area contributed by atoms with E-state index in [1.807, 2.05) is 7.05 Å². The number of unbranched alkanes of at least 4 members (excludes halogenated alkanes) is 1. The van der Waals surface area contributed by atoms with Crippen LogP contribution in [0.3, 0.4) is 0 Å². The molecule has 1 aliphatic heterocycles. The Morgan fingerprint density at radius 2 is 1.80 bits per heavy atom. The number of hydrogen-bond acceptors (Lipinski definition) is 3. The summed E-state index contributed by atoms with van der Waals surface area (Å²) < 4.78 is 5.34. The zero-order chi connectivity index (χ0) is 10.8. The zero-order valence-electron chi connectivity index (χ0n) is 10.1. The molecule has 0 amide bonds. The molecule has 0 saturated carbocycles. The first-order valence-corrected chi connectivity index (χ1v) is 6.36. The molecule has 0 aromatic carbocycles. The van der Waals surface area contributed by atoms with E-state index in [0.717, 1.165) is 25.7 Å². The Labute approximate surface area is 94.0 Å². The highest BCUT2D eigenvalue weighted by Crippen LogP contribution is 2.17. The van der Waals surface area contributed by atoms with Crippen molar-refractivity contribution in [3.8, 4) is 0 Å². The van der Waals surface area contributed by atoms with Gasteiger partial charge in [0.25, 0.3) is 0 Å². The monoisotopic (exact) mass is 214 g/mol. The summed E-state index contributed by atoms with van der Waals surface area (Å²) >= 11 is 0. The lowest BCUT2D eigenvalue weighted by Crippen LogP contribution is -2.23. The van der Waals surface area contributed by atoms with Crippen molar-refractivity contribution in [1.29, 1.82) is 0 Å². The van der Waals surface area contributed by atoms with Gasteiger partial charge in [-0.2, -0.15) is 0 Å². The molecule has 1 heterocycles. The van der Waals surface area contributed by atoms with E-state index in [2.05, 4.69) is 10.6 Å².